The molecule has 7 heteroatoms. The summed E-state index contributed by atoms with van der Waals surface area (Å²) < 4.78 is 22.7. The van der Waals surface area contributed by atoms with Crippen LogP contribution in [0.1, 0.15) is 22.4 Å². The zero-order valence-electron chi connectivity index (χ0n) is 9.14. The maximum atomic E-state index is 11.3. The molecule has 1 aromatic rings. The minimum atomic E-state index is -2.82. The van der Waals surface area contributed by atoms with Gasteiger partial charge in [0, 0.05) is 18.9 Å². The van der Waals surface area contributed by atoms with Gasteiger partial charge in [-0.2, -0.15) is 0 Å². The van der Waals surface area contributed by atoms with Gasteiger partial charge in [0.1, 0.15) is 10.0 Å². The fraction of sp³-hybridized carbons (Fsp3) is 0.778. The highest BCUT2D eigenvalue weighted by Crippen LogP contribution is 2.30. The van der Waals surface area contributed by atoms with Crippen LogP contribution in [0, 0.1) is 0 Å². The topological polar surface area (TPSA) is 72.0 Å². The first-order chi connectivity index (χ1) is 7.61. The molecular formula is C9H15N3O2S2. The van der Waals surface area contributed by atoms with Crippen LogP contribution in [0.2, 0.25) is 0 Å². The first-order valence-corrected chi connectivity index (χ1v) is 7.92. The van der Waals surface area contributed by atoms with Crippen LogP contribution < -0.4 is 5.32 Å². The summed E-state index contributed by atoms with van der Waals surface area (Å²) in [5.41, 5.74) is 0. The maximum Gasteiger partial charge on any atom is 0.151 e. The van der Waals surface area contributed by atoms with Crippen molar-refractivity contribution in [1.82, 2.24) is 15.5 Å². The highest BCUT2D eigenvalue weighted by molar-refractivity contribution is 7.91. The van der Waals surface area contributed by atoms with E-state index in [-0.39, 0.29) is 11.7 Å². The van der Waals surface area contributed by atoms with Crippen molar-refractivity contribution < 1.29 is 8.42 Å². The second-order valence-electron chi connectivity index (χ2n) is 3.99. The van der Waals surface area contributed by atoms with Crippen LogP contribution in [0.3, 0.4) is 0 Å². The third-order valence-corrected chi connectivity index (χ3v) is 5.57. The lowest BCUT2D eigenvalue weighted by atomic mass is 10.1. The van der Waals surface area contributed by atoms with Crippen molar-refractivity contribution >= 4 is 21.2 Å². The summed E-state index contributed by atoms with van der Waals surface area (Å²) in [6.07, 6.45) is 1.55. The third-order valence-electron chi connectivity index (χ3n) is 2.65. The van der Waals surface area contributed by atoms with Gasteiger partial charge in [0.05, 0.1) is 11.5 Å². The quantitative estimate of drug-likeness (QED) is 0.838. The fourth-order valence-electron chi connectivity index (χ4n) is 1.75. The standard InChI is InChI=1S/C9H15N3O2S2/c1-10-4-2-8-11-12-9(15-8)7-3-5-16(13,14)6-7/h7,10H,2-6H2,1H3. The molecule has 0 bridgehead atoms. The van der Waals surface area contributed by atoms with Gasteiger partial charge in [-0.15, -0.1) is 21.5 Å². The summed E-state index contributed by atoms with van der Waals surface area (Å²) in [5.74, 6) is 0.613. The molecule has 1 aliphatic rings. The Hall–Kier alpha value is -0.530. The lowest BCUT2D eigenvalue weighted by Crippen LogP contribution is -2.09. The minimum absolute atomic E-state index is 0.0748. The molecule has 0 aliphatic carbocycles. The van der Waals surface area contributed by atoms with Crippen molar-refractivity contribution in [3.8, 4) is 0 Å². The van der Waals surface area contributed by atoms with Crippen LogP contribution >= 0.6 is 11.3 Å². The van der Waals surface area contributed by atoms with Crippen LogP contribution in [-0.4, -0.2) is 43.7 Å². The summed E-state index contributed by atoms with van der Waals surface area (Å²) >= 11 is 1.54. The Morgan fingerprint density at radius 1 is 1.50 bits per heavy atom. The summed E-state index contributed by atoms with van der Waals surface area (Å²) in [7, 11) is -0.930. The molecule has 1 saturated heterocycles. The van der Waals surface area contributed by atoms with Gasteiger partial charge in [0.15, 0.2) is 9.84 Å². The lowest BCUT2D eigenvalue weighted by molar-refractivity contribution is 0.601. The van der Waals surface area contributed by atoms with Crippen molar-refractivity contribution in [2.75, 3.05) is 25.1 Å². The van der Waals surface area contributed by atoms with Crippen molar-refractivity contribution in [2.45, 2.75) is 18.8 Å². The van der Waals surface area contributed by atoms with E-state index in [1.54, 1.807) is 11.3 Å². The first kappa shape index (κ1) is 11.9. The van der Waals surface area contributed by atoms with Crippen LogP contribution in [0.15, 0.2) is 0 Å². The zero-order chi connectivity index (χ0) is 11.6. The second-order valence-corrected chi connectivity index (χ2v) is 7.31. The van der Waals surface area contributed by atoms with E-state index in [1.807, 2.05) is 7.05 Å². The monoisotopic (exact) mass is 261 g/mol. The Balaban J connectivity index is 2.02. The van der Waals surface area contributed by atoms with Crippen LogP contribution in [0.25, 0.3) is 0 Å². The van der Waals surface area contributed by atoms with Crippen molar-refractivity contribution in [3.63, 3.8) is 0 Å². The summed E-state index contributed by atoms with van der Waals surface area (Å²) in [6, 6.07) is 0. The van der Waals surface area contributed by atoms with Crippen LogP contribution in [-0.2, 0) is 16.3 Å². The van der Waals surface area contributed by atoms with Gasteiger partial charge >= 0.3 is 0 Å². The molecule has 5 nitrogen and oxygen atoms in total. The molecule has 1 unspecified atom stereocenters. The van der Waals surface area contributed by atoms with Crippen molar-refractivity contribution in [3.05, 3.63) is 10.0 Å². The van der Waals surface area contributed by atoms with Crippen LogP contribution in [0.5, 0.6) is 0 Å². The Bertz CT molecular complexity index is 455. The average Bonchev–Trinajstić information content (AvgIpc) is 2.81. The number of likely N-dealkylation sites (N-methyl/N-ethyl adjacent to an activating group) is 1. The van der Waals surface area contributed by atoms with Crippen LogP contribution in [0.4, 0.5) is 0 Å². The van der Waals surface area contributed by atoms with Gasteiger partial charge in [-0.05, 0) is 13.5 Å². The maximum absolute atomic E-state index is 11.3. The Morgan fingerprint density at radius 3 is 2.94 bits per heavy atom. The molecule has 0 aromatic carbocycles. The molecule has 0 saturated carbocycles. The van der Waals surface area contributed by atoms with Crippen molar-refractivity contribution in [1.29, 1.82) is 0 Å². The predicted molar refractivity (Wildman–Crippen MR) is 63.6 cm³/mol. The summed E-state index contributed by atoms with van der Waals surface area (Å²) in [4.78, 5) is 0. The zero-order valence-corrected chi connectivity index (χ0v) is 10.8. The largest absolute Gasteiger partial charge is 0.319 e. The molecule has 90 valence electrons. The van der Waals surface area contributed by atoms with Gasteiger partial charge in [-0.3, -0.25) is 0 Å². The molecule has 0 radical (unpaired) electrons. The molecule has 1 fully saturated rings. The number of nitrogens with one attached hydrogen (secondary N) is 1. The van der Waals surface area contributed by atoms with Gasteiger partial charge < -0.3 is 5.32 Å². The molecule has 1 atom stereocenters. The molecule has 1 N–H and O–H groups in total. The number of rotatable bonds is 4. The number of nitrogens with zero attached hydrogens (tertiary/aromatic N) is 2. The molecule has 1 aliphatic heterocycles. The van der Waals surface area contributed by atoms with E-state index in [0.717, 1.165) is 23.0 Å². The highest BCUT2D eigenvalue weighted by Gasteiger charge is 2.31. The molecule has 16 heavy (non-hydrogen) atoms. The fourth-order valence-corrected chi connectivity index (χ4v) is 4.58. The third kappa shape index (κ3) is 2.78. The second kappa shape index (κ2) is 4.77. The van der Waals surface area contributed by atoms with Gasteiger partial charge in [-0.1, -0.05) is 0 Å². The number of sulfone groups is 1. The predicted octanol–water partition coefficient (Wildman–Crippen LogP) is 0.202. The van der Waals surface area contributed by atoms with Gasteiger partial charge in [-0.25, -0.2) is 8.42 Å². The van der Waals surface area contributed by atoms with E-state index >= 15 is 0 Å². The van der Waals surface area contributed by atoms with E-state index in [2.05, 4.69) is 15.5 Å². The number of hydrogen-bond acceptors (Lipinski definition) is 6. The smallest absolute Gasteiger partial charge is 0.151 e. The molecule has 2 heterocycles. The Morgan fingerprint density at radius 2 is 2.31 bits per heavy atom. The Kier molecular flexibility index (Phi) is 3.56. The SMILES string of the molecule is CNCCc1nnc(C2CCS(=O)(=O)C2)s1. The van der Waals surface area contributed by atoms with Gasteiger partial charge in [0.2, 0.25) is 0 Å². The molecular weight excluding hydrogens is 246 g/mol. The average molecular weight is 261 g/mol. The number of aromatic nitrogens is 2. The first-order valence-electron chi connectivity index (χ1n) is 5.28. The molecule has 1 aromatic heterocycles. The minimum Gasteiger partial charge on any atom is -0.319 e. The lowest BCUT2D eigenvalue weighted by Gasteiger charge is -1.99. The number of hydrogen-bond donors (Lipinski definition) is 1. The summed E-state index contributed by atoms with van der Waals surface area (Å²) in [6.45, 7) is 0.873. The van der Waals surface area contributed by atoms with E-state index in [1.165, 1.54) is 0 Å². The molecule has 2 rings (SSSR count). The van der Waals surface area contributed by atoms with E-state index in [4.69, 9.17) is 0 Å². The molecule has 0 amide bonds. The summed E-state index contributed by atoms with van der Waals surface area (Å²) in [5, 5.41) is 13.1. The normalized spacial score (nSPS) is 23.7. The van der Waals surface area contributed by atoms with E-state index < -0.39 is 9.84 Å². The highest BCUT2D eigenvalue weighted by atomic mass is 32.2. The van der Waals surface area contributed by atoms with Crippen molar-refractivity contribution in [2.24, 2.45) is 0 Å². The van der Waals surface area contributed by atoms with E-state index in [9.17, 15) is 8.42 Å². The van der Waals surface area contributed by atoms with Gasteiger partial charge in [0.25, 0.3) is 0 Å². The molecule has 0 spiro atoms. The Labute approximate surface area is 99.2 Å². The van der Waals surface area contributed by atoms with E-state index in [0.29, 0.717) is 12.2 Å².